The minimum absolute atomic E-state index is 0.0807. The van der Waals surface area contributed by atoms with Crippen molar-refractivity contribution in [1.29, 1.82) is 0 Å². The van der Waals surface area contributed by atoms with Crippen molar-refractivity contribution in [3.8, 4) is 0 Å². The Bertz CT molecular complexity index is 644. The van der Waals surface area contributed by atoms with E-state index in [0.717, 1.165) is 10.8 Å². The number of hydrogen-bond acceptors (Lipinski definition) is 4. The number of nitrogens with zero attached hydrogens (tertiary/aromatic N) is 1. The molecule has 4 atom stereocenters. The summed E-state index contributed by atoms with van der Waals surface area (Å²) < 4.78 is 20.5. The van der Waals surface area contributed by atoms with Crippen molar-refractivity contribution in [3.05, 3.63) is 39.2 Å². The Morgan fingerprint density at radius 2 is 2.25 bits per heavy atom. The van der Waals surface area contributed by atoms with E-state index in [2.05, 4.69) is 43.4 Å². The predicted octanol–water partition coefficient (Wildman–Crippen LogP) is 0.893. The second-order valence-corrected chi connectivity index (χ2v) is 5.87. The molecule has 0 saturated carbocycles. The topological polar surface area (TPSA) is 84.3 Å². The summed E-state index contributed by atoms with van der Waals surface area (Å²) in [5, 5.41) is 9.89. The SMILES string of the molecule is C=C(Br)c1cn([C@@H]2O[C@H](CBr)[C@@H](O)C2F)c(=O)[nH]c1=O. The molecule has 0 aromatic carbocycles. The Hall–Kier alpha value is -0.770. The lowest BCUT2D eigenvalue weighted by molar-refractivity contribution is -0.0160. The van der Waals surface area contributed by atoms with E-state index in [1.54, 1.807) is 0 Å². The maximum absolute atomic E-state index is 14.0. The van der Waals surface area contributed by atoms with E-state index in [9.17, 15) is 19.1 Å². The fourth-order valence-electron chi connectivity index (χ4n) is 1.92. The number of hydrogen-bond donors (Lipinski definition) is 2. The smallest absolute Gasteiger partial charge is 0.330 e. The van der Waals surface area contributed by atoms with E-state index >= 15 is 0 Å². The Morgan fingerprint density at radius 3 is 2.75 bits per heavy atom. The van der Waals surface area contributed by atoms with Gasteiger partial charge in [0.25, 0.3) is 5.56 Å². The molecule has 110 valence electrons. The molecule has 0 bridgehead atoms. The van der Waals surface area contributed by atoms with E-state index in [4.69, 9.17) is 4.74 Å². The zero-order chi connectivity index (χ0) is 15.0. The van der Waals surface area contributed by atoms with Gasteiger partial charge in [0.05, 0.1) is 11.7 Å². The molecule has 2 N–H and O–H groups in total. The first kappa shape index (κ1) is 15.6. The van der Waals surface area contributed by atoms with Crippen LogP contribution in [0.1, 0.15) is 11.8 Å². The number of aromatic amines is 1. The zero-order valence-corrected chi connectivity index (χ0v) is 13.2. The summed E-state index contributed by atoms with van der Waals surface area (Å²) >= 11 is 6.13. The molecule has 1 aliphatic heterocycles. The van der Waals surface area contributed by atoms with E-state index in [-0.39, 0.29) is 15.4 Å². The average molecular weight is 414 g/mol. The standard InChI is InChI=1S/C11H11Br2FN2O4/c1-4(13)5-3-16(11(19)15-9(5)18)10-7(14)8(17)6(2-12)20-10/h3,6-8,10,17H,1-2H2,(H,15,18,19)/t6-,7?,8-,10-/m1/s1. The number of nitrogens with one attached hydrogen (secondary N) is 1. The van der Waals surface area contributed by atoms with Crippen LogP contribution in [0, 0.1) is 0 Å². The first-order valence-electron chi connectivity index (χ1n) is 5.60. The number of rotatable bonds is 3. The number of aromatic nitrogens is 2. The quantitative estimate of drug-likeness (QED) is 0.721. The van der Waals surface area contributed by atoms with Crippen molar-refractivity contribution in [3.63, 3.8) is 0 Å². The van der Waals surface area contributed by atoms with Crippen LogP contribution in [-0.2, 0) is 4.74 Å². The molecule has 0 aliphatic carbocycles. The molecular weight excluding hydrogens is 403 g/mol. The van der Waals surface area contributed by atoms with E-state index in [0.29, 0.717) is 0 Å². The summed E-state index contributed by atoms with van der Waals surface area (Å²) in [4.78, 5) is 25.4. The van der Waals surface area contributed by atoms with Crippen LogP contribution in [0.2, 0.25) is 0 Å². The van der Waals surface area contributed by atoms with Gasteiger partial charge in [0.2, 0.25) is 0 Å². The summed E-state index contributed by atoms with van der Waals surface area (Å²) in [5.41, 5.74) is -1.38. The van der Waals surface area contributed by atoms with Gasteiger partial charge in [0.1, 0.15) is 6.10 Å². The second kappa shape index (κ2) is 5.92. The van der Waals surface area contributed by atoms with Crippen LogP contribution in [-0.4, -0.2) is 38.4 Å². The van der Waals surface area contributed by atoms with Gasteiger partial charge in [-0.15, -0.1) is 0 Å². The third-order valence-electron chi connectivity index (χ3n) is 2.98. The van der Waals surface area contributed by atoms with Gasteiger partial charge in [0, 0.05) is 16.0 Å². The van der Waals surface area contributed by atoms with Crippen LogP contribution < -0.4 is 11.2 Å². The minimum Gasteiger partial charge on any atom is -0.387 e. The lowest BCUT2D eigenvalue weighted by Gasteiger charge is -2.16. The Morgan fingerprint density at radius 1 is 1.60 bits per heavy atom. The van der Waals surface area contributed by atoms with Crippen LogP contribution in [0.25, 0.3) is 4.48 Å². The normalized spacial score (nSPS) is 29.6. The summed E-state index contributed by atoms with van der Waals surface area (Å²) in [6.45, 7) is 3.54. The highest BCUT2D eigenvalue weighted by Crippen LogP contribution is 2.32. The van der Waals surface area contributed by atoms with Gasteiger partial charge in [0.15, 0.2) is 12.4 Å². The Balaban J connectivity index is 2.48. The van der Waals surface area contributed by atoms with Crippen molar-refractivity contribution >= 4 is 36.3 Å². The molecule has 1 unspecified atom stereocenters. The molecule has 0 amide bonds. The molecule has 1 saturated heterocycles. The number of aliphatic hydroxyl groups is 1. The summed E-state index contributed by atoms with van der Waals surface area (Å²) in [7, 11) is 0. The maximum atomic E-state index is 14.0. The maximum Gasteiger partial charge on any atom is 0.330 e. The van der Waals surface area contributed by atoms with Crippen LogP contribution in [0.15, 0.2) is 22.4 Å². The lowest BCUT2D eigenvalue weighted by atomic mass is 10.2. The molecule has 1 fully saturated rings. The van der Waals surface area contributed by atoms with Gasteiger partial charge in [-0.2, -0.15) is 0 Å². The molecule has 0 spiro atoms. The second-order valence-electron chi connectivity index (χ2n) is 4.27. The van der Waals surface area contributed by atoms with Gasteiger partial charge < -0.3 is 9.84 Å². The molecule has 2 heterocycles. The highest BCUT2D eigenvalue weighted by Gasteiger charge is 2.45. The zero-order valence-electron chi connectivity index (χ0n) is 10.1. The number of H-pyrrole nitrogens is 1. The van der Waals surface area contributed by atoms with E-state index < -0.39 is 35.9 Å². The van der Waals surface area contributed by atoms with Crippen LogP contribution in [0.3, 0.4) is 0 Å². The van der Waals surface area contributed by atoms with Crippen molar-refractivity contribution in [2.75, 3.05) is 5.33 Å². The molecule has 1 aliphatic rings. The number of ether oxygens (including phenoxy) is 1. The monoisotopic (exact) mass is 412 g/mol. The van der Waals surface area contributed by atoms with Gasteiger partial charge >= 0.3 is 5.69 Å². The minimum atomic E-state index is -1.78. The first-order chi connectivity index (χ1) is 9.36. The third kappa shape index (κ3) is 2.67. The fourth-order valence-corrected chi connectivity index (χ4v) is 2.74. The summed E-state index contributed by atoms with van der Waals surface area (Å²) in [6, 6.07) is 0. The molecule has 0 radical (unpaired) electrons. The Labute approximate surface area is 129 Å². The first-order valence-corrected chi connectivity index (χ1v) is 7.52. The number of halogens is 3. The Kier molecular flexibility index (Phi) is 4.62. The fraction of sp³-hybridized carbons (Fsp3) is 0.455. The third-order valence-corrected chi connectivity index (χ3v) is 4.05. The van der Waals surface area contributed by atoms with Gasteiger partial charge in [-0.05, 0) is 0 Å². The molecule has 6 nitrogen and oxygen atoms in total. The van der Waals surface area contributed by atoms with Crippen molar-refractivity contribution in [2.45, 2.75) is 24.6 Å². The number of alkyl halides is 2. The lowest BCUT2D eigenvalue weighted by Crippen LogP contribution is -2.37. The van der Waals surface area contributed by atoms with E-state index in [1.807, 2.05) is 0 Å². The highest BCUT2D eigenvalue weighted by atomic mass is 79.9. The summed E-state index contributed by atoms with van der Waals surface area (Å²) in [5.74, 6) is 0. The van der Waals surface area contributed by atoms with Gasteiger partial charge in [-0.25, -0.2) is 9.18 Å². The predicted molar refractivity (Wildman–Crippen MR) is 77.9 cm³/mol. The van der Waals surface area contributed by atoms with Crippen LogP contribution >= 0.6 is 31.9 Å². The van der Waals surface area contributed by atoms with E-state index in [1.165, 1.54) is 0 Å². The molecular formula is C11H11Br2FN2O4. The average Bonchev–Trinajstić information content (AvgIpc) is 2.66. The van der Waals surface area contributed by atoms with Crippen LogP contribution in [0.4, 0.5) is 4.39 Å². The molecule has 1 aromatic heterocycles. The number of aliphatic hydroxyl groups excluding tert-OH is 1. The molecule has 1 aromatic rings. The molecule has 9 heteroatoms. The van der Waals surface area contributed by atoms with Gasteiger partial charge in [-0.3, -0.25) is 14.3 Å². The van der Waals surface area contributed by atoms with Crippen molar-refractivity contribution in [2.24, 2.45) is 0 Å². The molecule has 20 heavy (non-hydrogen) atoms. The highest BCUT2D eigenvalue weighted by molar-refractivity contribution is 9.15. The van der Waals surface area contributed by atoms with Gasteiger partial charge in [-0.1, -0.05) is 38.4 Å². The van der Waals surface area contributed by atoms with Crippen LogP contribution in [0.5, 0.6) is 0 Å². The van der Waals surface area contributed by atoms with Crippen molar-refractivity contribution in [1.82, 2.24) is 9.55 Å². The molecule has 2 rings (SSSR count). The van der Waals surface area contributed by atoms with Crippen molar-refractivity contribution < 1.29 is 14.2 Å². The largest absolute Gasteiger partial charge is 0.387 e. The summed E-state index contributed by atoms with van der Waals surface area (Å²) in [6.07, 6.45) is -4.06.